The number of rotatable bonds is 5. The number of hydrogen-bond acceptors (Lipinski definition) is 5. The molecule has 0 radical (unpaired) electrons. The van der Waals surface area contributed by atoms with E-state index in [2.05, 4.69) is 10.4 Å². The van der Waals surface area contributed by atoms with Crippen LogP contribution in [0.5, 0.6) is 0 Å². The molecule has 3 heterocycles. The van der Waals surface area contributed by atoms with Gasteiger partial charge in [-0.15, -0.1) is 0 Å². The van der Waals surface area contributed by atoms with Crippen LogP contribution in [0.3, 0.4) is 0 Å². The Morgan fingerprint density at radius 2 is 2.00 bits per heavy atom. The number of benzene rings is 1. The maximum atomic E-state index is 13.1. The number of fused-ring (bicyclic) bond motifs is 1. The Morgan fingerprint density at radius 3 is 2.79 bits per heavy atom. The van der Waals surface area contributed by atoms with Crippen LogP contribution in [-0.2, 0) is 24.3 Å². The highest BCUT2D eigenvalue weighted by molar-refractivity contribution is 6.06. The van der Waals surface area contributed by atoms with Crippen LogP contribution in [-0.4, -0.2) is 27.6 Å². The summed E-state index contributed by atoms with van der Waals surface area (Å²) in [5, 5.41) is 6.79. The Balaban J connectivity index is 1.51. The van der Waals surface area contributed by atoms with E-state index in [1.165, 1.54) is 18.4 Å². The van der Waals surface area contributed by atoms with Gasteiger partial charge in [0.25, 0.3) is 11.5 Å². The Morgan fingerprint density at radius 1 is 1.17 bits per heavy atom. The fourth-order valence-electron chi connectivity index (χ4n) is 3.47. The van der Waals surface area contributed by atoms with Gasteiger partial charge in [0.2, 0.25) is 5.91 Å². The number of hydrogen-bond donors (Lipinski definition) is 1. The summed E-state index contributed by atoms with van der Waals surface area (Å²) in [4.78, 5) is 39.1. The van der Waals surface area contributed by atoms with Crippen LogP contribution < -0.4 is 15.8 Å². The van der Waals surface area contributed by atoms with Gasteiger partial charge in [-0.2, -0.15) is 5.10 Å². The van der Waals surface area contributed by atoms with Gasteiger partial charge in [0.1, 0.15) is 18.0 Å². The van der Waals surface area contributed by atoms with E-state index in [9.17, 15) is 14.4 Å². The maximum absolute atomic E-state index is 13.1. The molecule has 0 saturated heterocycles. The number of aromatic nitrogens is 2. The Hall–Kier alpha value is -3.68. The Bertz CT molecular complexity index is 1100. The normalized spacial score (nSPS) is 15.2. The fourth-order valence-corrected chi connectivity index (χ4v) is 3.47. The van der Waals surface area contributed by atoms with Gasteiger partial charge in [-0.25, -0.2) is 4.68 Å². The highest BCUT2D eigenvalue weighted by atomic mass is 16.3. The van der Waals surface area contributed by atoms with E-state index in [0.29, 0.717) is 5.76 Å². The second kappa shape index (κ2) is 7.75. The zero-order valence-electron chi connectivity index (χ0n) is 15.9. The number of anilines is 1. The number of para-hydroxylation sites is 1. The second-order valence-corrected chi connectivity index (χ2v) is 6.93. The Kier molecular flexibility index (Phi) is 4.99. The standard InChI is InChI=1S/C21H20N4O4/c1-14-11-15-5-2-3-7-18(15)25(14)21(28)17-8-9-20(27)24(23-17)13-19(26)22-12-16-6-4-10-29-16/h2-10,14H,11-13H2,1H3,(H,22,26). The lowest BCUT2D eigenvalue weighted by atomic mass is 10.1. The van der Waals surface area contributed by atoms with Crippen molar-refractivity contribution in [1.82, 2.24) is 15.1 Å². The summed E-state index contributed by atoms with van der Waals surface area (Å²) in [6.07, 6.45) is 2.27. The van der Waals surface area contributed by atoms with Crippen molar-refractivity contribution in [2.45, 2.75) is 32.5 Å². The number of furan rings is 1. The first-order valence-electron chi connectivity index (χ1n) is 9.31. The summed E-state index contributed by atoms with van der Waals surface area (Å²) in [7, 11) is 0. The van der Waals surface area contributed by atoms with E-state index < -0.39 is 11.5 Å². The van der Waals surface area contributed by atoms with Gasteiger partial charge in [-0.1, -0.05) is 18.2 Å². The van der Waals surface area contributed by atoms with Crippen molar-refractivity contribution >= 4 is 17.5 Å². The molecule has 1 atom stereocenters. The SMILES string of the molecule is CC1Cc2ccccc2N1C(=O)c1ccc(=O)n(CC(=O)NCc2ccco2)n1. The molecule has 1 unspecified atom stereocenters. The Labute approximate surface area is 166 Å². The third-order valence-corrected chi connectivity index (χ3v) is 4.85. The quantitative estimate of drug-likeness (QED) is 0.713. The third kappa shape index (κ3) is 3.82. The molecular formula is C21H20N4O4. The van der Waals surface area contributed by atoms with Crippen molar-refractivity contribution in [3.8, 4) is 0 Å². The van der Waals surface area contributed by atoms with Gasteiger partial charge in [0, 0.05) is 17.8 Å². The molecule has 29 heavy (non-hydrogen) atoms. The minimum atomic E-state index is -0.454. The van der Waals surface area contributed by atoms with Gasteiger partial charge < -0.3 is 14.6 Å². The molecule has 0 bridgehead atoms. The first kappa shape index (κ1) is 18.7. The monoisotopic (exact) mass is 392 g/mol. The molecule has 2 aromatic heterocycles. The molecule has 8 nitrogen and oxygen atoms in total. The van der Waals surface area contributed by atoms with Crippen molar-refractivity contribution in [1.29, 1.82) is 0 Å². The zero-order valence-corrected chi connectivity index (χ0v) is 15.9. The van der Waals surface area contributed by atoms with E-state index in [-0.39, 0.29) is 30.7 Å². The van der Waals surface area contributed by atoms with Crippen LogP contribution in [0.25, 0.3) is 0 Å². The van der Waals surface area contributed by atoms with Gasteiger partial charge in [0.05, 0.1) is 12.8 Å². The zero-order chi connectivity index (χ0) is 20.4. The first-order valence-corrected chi connectivity index (χ1v) is 9.31. The minimum Gasteiger partial charge on any atom is -0.467 e. The predicted octanol–water partition coefficient (Wildman–Crippen LogP) is 1.74. The van der Waals surface area contributed by atoms with E-state index in [0.717, 1.165) is 22.4 Å². The van der Waals surface area contributed by atoms with Crippen LogP contribution in [0.2, 0.25) is 0 Å². The van der Waals surface area contributed by atoms with Gasteiger partial charge in [0.15, 0.2) is 0 Å². The number of nitrogens with one attached hydrogen (secondary N) is 1. The average Bonchev–Trinajstić information content (AvgIpc) is 3.34. The third-order valence-electron chi connectivity index (χ3n) is 4.85. The first-order chi connectivity index (χ1) is 14.0. The van der Waals surface area contributed by atoms with Crippen molar-refractivity contribution in [3.63, 3.8) is 0 Å². The van der Waals surface area contributed by atoms with Crippen LogP contribution in [0.15, 0.2) is 64.0 Å². The topological polar surface area (TPSA) is 97.4 Å². The summed E-state index contributed by atoms with van der Waals surface area (Å²) in [6, 6.07) is 13.8. The summed E-state index contributed by atoms with van der Waals surface area (Å²) in [6.45, 7) is 1.89. The number of amides is 2. The van der Waals surface area contributed by atoms with E-state index in [1.54, 1.807) is 17.0 Å². The number of carbonyl (C=O) groups is 2. The molecule has 148 valence electrons. The molecule has 8 heteroatoms. The molecule has 0 fully saturated rings. The lowest BCUT2D eigenvalue weighted by Crippen LogP contribution is -2.38. The van der Waals surface area contributed by atoms with E-state index in [1.807, 2.05) is 31.2 Å². The van der Waals surface area contributed by atoms with E-state index >= 15 is 0 Å². The van der Waals surface area contributed by atoms with Crippen molar-refractivity contribution in [3.05, 3.63) is 82.2 Å². The van der Waals surface area contributed by atoms with Gasteiger partial charge in [-0.05, 0) is 43.2 Å². The smallest absolute Gasteiger partial charge is 0.278 e. The molecule has 0 saturated carbocycles. The molecule has 2 amide bonds. The molecule has 0 spiro atoms. The summed E-state index contributed by atoms with van der Waals surface area (Å²) >= 11 is 0. The van der Waals surface area contributed by atoms with Crippen LogP contribution in [0, 0.1) is 0 Å². The molecule has 1 aromatic carbocycles. The molecule has 1 N–H and O–H groups in total. The lowest BCUT2D eigenvalue weighted by Gasteiger charge is -2.22. The second-order valence-electron chi connectivity index (χ2n) is 6.93. The molecule has 1 aliphatic rings. The lowest BCUT2D eigenvalue weighted by molar-refractivity contribution is -0.122. The molecule has 3 aromatic rings. The number of carbonyl (C=O) groups excluding carboxylic acids is 2. The molecular weight excluding hydrogens is 372 g/mol. The van der Waals surface area contributed by atoms with Crippen molar-refractivity contribution in [2.75, 3.05) is 4.90 Å². The summed E-state index contributed by atoms with van der Waals surface area (Å²) in [5.41, 5.74) is 1.61. The fraction of sp³-hybridized carbons (Fsp3) is 0.238. The predicted molar refractivity (Wildman–Crippen MR) is 105 cm³/mol. The highest BCUT2D eigenvalue weighted by Gasteiger charge is 2.32. The van der Waals surface area contributed by atoms with Gasteiger partial charge >= 0.3 is 0 Å². The maximum Gasteiger partial charge on any atom is 0.278 e. The largest absolute Gasteiger partial charge is 0.467 e. The molecule has 1 aliphatic heterocycles. The summed E-state index contributed by atoms with van der Waals surface area (Å²) in [5.74, 6) is -0.100. The minimum absolute atomic E-state index is 0.0151. The van der Waals surface area contributed by atoms with Crippen LogP contribution in [0.4, 0.5) is 5.69 Å². The highest BCUT2D eigenvalue weighted by Crippen LogP contribution is 2.32. The van der Waals surface area contributed by atoms with Crippen molar-refractivity contribution in [2.24, 2.45) is 0 Å². The van der Waals surface area contributed by atoms with Crippen LogP contribution >= 0.6 is 0 Å². The number of nitrogens with zero attached hydrogens (tertiary/aromatic N) is 3. The van der Waals surface area contributed by atoms with E-state index in [4.69, 9.17) is 4.42 Å². The summed E-state index contributed by atoms with van der Waals surface area (Å²) < 4.78 is 6.15. The van der Waals surface area contributed by atoms with Crippen molar-refractivity contribution < 1.29 is 14.0 Å². The average molecular weight is 392 g/mol. The molecule has 4 rings (SSSR count). The van der Waals surface area contributed by atoms with Crippen LogP contribution in [0.1, 0.15) is 28.7 Å². The van der Waals surface area contributed by atoms with Gasteiger partial charge in [-0.3, -0.25) is 14.4 Å². The molecule has 0 aliphatic carbocycles.